The quantitative estimate of drug-likeness (QED) is 0.665. The standard InChI is InChI=1S/C10H5ClF6N2/c1-19-6-3-4(9(12,13)14)2-5(10(15,16)17)7(6)18-8(19)11/h2-3H,1H3. The zero-order valence-electron chi connectivity index (χ0n) is 9.19. The van der Waals surface area contributed by atoms with Crippen LogP contribution in [0.15, 0.2) is 12.1 Å². The van der Waals surface area contributed by atoms with Crippen LogP contribution in [0, 0.1) is 0 Å². The Morgan fingerprint density at radius 1 is 1.05 bits per heavy atom. The van der Waals surface area contributed by atoms with Crippen LogP contribution in [0.25, 0.3) is 11.0 Å². The number of rotatable bonds is 0. The van der Waals surface area contributed by atoms with E-state index in [-0.39, 0.29) is 16.9 Å². The number of imidazole rings is 1. The number of hydrogen-bond donors (Lipinski definition) is 0. The van der Waals surface area contributed by atoms with Gasteiger partial charge in [-0.3, -0.25) is 0 Å². The average Bonchev–Trinajstić information content (AvgIpc) is 2.51. The number of aromatic nitrogens is 2. The highest BCUT2D eigenvalue weighted by Gasteiger charge is 2.39. The maximum atomic E-state index is 12.8. The van der Waals surface area contributed by atoms with Crippen molar-refractivity contribution in [2.24, 2.45) is 7.05 Å². The van der Waals surface area contributed by atoms with Crippen molar-refractivity contribution in [3.05, 3.63) is 28.5 Å². The van der Waals surface area contributed by atoms with Gasteiger partial charge in [-0.05, 0) is 23.7 Å². The van der Waals surface area contributed by atoms with Crippen molar-refractivity contribution in [3.63, 3.8) is 0 Å². The van der Waals surface area contributed by atoms with E-state index in [2.05, 4.69) is 4.98 Å². The molecule has 0 aliphatic carbocycles. The summed E-state index contributed by atoms with van der Waals surface area (Å²) in [4.78, 5) is 3.44. The number of aryl methyl sites for hydroxylation is 1. The van der Waals surface area contributed by atoms with Gasteiger partial charge >= 0.3 is 12.4 Å². The molecule has 1 heterocycles. The lowest BCUT2D eigenvalue weighted by atomic mass is 10.1. The molecule has 2 rings (SSSR count). The molecule has 0 fully saturated rings. The molecule has 0 aliphatic heterocycles. The van der Waals surface area contributed by atoms with Gasteiger partial charge in [-0.1, -0.05) is 0 Å². The molecule has 0 atom stereocenters. The molecule has 0 spiro atoms. The number of benzene rings is 1. The van der Waals surface area contributed by atoms with Crippen molar-refractivity contribution in [2.45, 2.75) is 12.4 Å². The molecule has 104 valence electrons. The van der Waals surface area contributed by atoms with Crippen LogP contribution in [0.5, 0.6) is 0 Å². The van der Waals surface area contributed by atoms with E-state index in [1.165, 1.54) is 7.05 Å². The second kappa shape index (κ2) is 4.03. The van der Waals surface area contributed by atoms with Gasteiger partial charge < -0.3 is 4.57 Å². The summed E-state index contributed by atoms with van der Waals surface area (Å²) < 4.78 is 77.0. The highest BCUT2D eigenvalue weighted by Crippen LogP contribution is 2.40. The average molecular weight is 303 g/mol. The molecule has 2 nitrogen and oxygen atoms in total. The molecule has 0 N–H and O–H groups in total. The number of fused-ring (bicyclic) bond motifs is 1. The maximum Gasteiger partial charge on any atom is 0.418 e. The third-order valence-corrected chi connectivity index (χ3v) is 2.90. The minimum absolute atomic E-state index is 0.0334. The number of nitrogens with zero attached hydrogens (tertiary/aromatic N) is 2. The van der Waals surface area contributed by atoms with Gasteiger partial charge in [0, 0.05) is 7.05 Å². The molecule has 0 radical (unpaired) electrons. The van der Waals surface area contributed by atoms with Crippen LogP contribution in [0.4, 0.5) is 26.3 Å². The van der Waals surface area contributed by atoms with Crippen molar-refractivity contribution in [1.82, 2.24) is 9.55 Å². The summed E-state index contributed by atoms with van der Waals surface area (Å²) >= 11 is 5.54. The summed E-state index contributed by atoms with van der Waals surface area (Å²) in [5.41, 5.74) is -3.79. The number of halogens is 7. The molecular weight excluding hydrogens is 298 g/mol. The first kappa shape index (κ1) is 14.0. The van der Waals surface area contributed by atoms with Gasteiger partial charge in [-0.15, -0.1) is 0 Å². The summed E-state index contributed by atoms with van der Waals surface area (Å²) in [5, 5.41) is -0.320. The smallest absolute Gasteiger partial charge is 0.318 e. The predicted octanol–water partition coefficient (Wildman–Crippen LogP) is 4.26. The van der Waals surface area contributed by atoms with E-state index < -0.39 is 29.0 Å². The molecule has 1 aromatic carbocycles. The van der Waals surface area contributed by atoms with Gasteiger partial charge in [0.05, 0.1) is 16.6 Å². The molecule has 9 heteroatoms. The molecule has 19 heavy (non-hydrogen) atoms. The molecule has 0 saturated heterocycles. The number of hydrogen-bond acceptors (Lipinski definition) is 1. The lowest BCUT2D eigenvalue weighted by Gasteiger charge is -2.12. The molecular formula is C10H5ClF6N2. The van der Waals surface area contributed by atoms with Gasteiger partial charge in [0.1, 0.15) is 5.52 Å². The highest BCUT2D eigenvalue weighted by atomic mass is 35.5. The third-order valence-electron chi connectivity index (χ3n) is 2.56. The molecule has 1 aromatic heterocycles. The Bertz CT molecular complexity index is 640. The highest BCUT2D eigenvalue weighted by molar-refractivity contribution is 6.29. The van der Waals surface area contributed by atoms with Crippen molar-refractivity contribution < 1.29 is 26.3 Å². The monoisotopic (exact) mass is 302 g/mol. The van der Waals surface area contributed by atoms with E-state index in [0.29, 0.717) is 6.07 Å². The summed E-state index contributed by atoms with van der Waals surface area (Å²) in [5.74, 6) is 0. The van der Waals surface area contributed by atoms with E-state index in [4.69, 9.17) is 11.6 Å². The molecule has 0 bridgehead atoms. The van der Waals surface area contributed by atoms with E-state index in [9.17, 15) is 26.3 Å². The first-order valence-corrected chi connectivity index (χ1v) is 5.20. The van der Waals surface area contributed by atoms with Crippen LogP contribution >= 0.6 is 11.6 Å². The van der Waals surface area contributed by atoms with Crippen LogP contribution in [-0.2, 0) is 19.4 Å². The van der Waals surface area contributed by atoms with Gasteiger partial charge in [0.15, 0.2) is 0 Å². The van der Waals surface area contributed by atoms with Gasteiger partial charge in [-0.25, -0.2) is 4.98 Å². The van der Waals surface area contributed by atoms with E-state index in [1.807, 2.05) is 0 Å². The zero-order valence-corrected chi connectivity index (χ0v) is 9.95. The van der Waals surface area contributed by atoms with Gasteiger partial charge in [0.2, 0.25) is 5.28 Å². The Morgan fingerprint density at radius 3 is 2.11 bits per heavy atom. The predicted molar refractivity (Wildman–Crippen MR) is 55.7 cm³/mol. The molecule has 0 aliphatic rings. The Hall–Kier alpha value is -1.44. The second-order valence-corrected chi connectivity index (χ2v) is 4.16. The molecule has 0 saturated carbocycles. The van der Waals surface area contributed by atoms with Crippen molar-refractivity contribution in [2.75, 3.05) is 0 Å². The third kappa shape index (κ3) is 2.36. The van der Waals surface area contributed by atoms with E-state index in [0.717, 1.165) is 4.57 Å². The van der Waals surface area contributed by atoms with Crippen LogP contribution in [0.2, 0.25) is 5.28 Å². The van der Waals surface area contributed by atoms with E-state index in [1.54, 1.807) is 0 Å². The minimum Gasteiger partial charge on any atom is -0.318 e. The van der Waals surface area contributed by atoms with Gasteiger partial charge in [0.25, 0.3) is 0 Å². The fraction of sp³-hybridized carbons (Fsp3) is 0.300. The normalized spacial score (nSPS) is 13.3. The topological polar surface area (TPSA) is 17.8 Å². The summed E-state index contributed by atoms with van der Waals surface area (Å²) in [6.45, 7) is 0. The first-order chi connectivity index (χ1) is 8.51. The molecule has 0 unspecified atom stereocenters. The minimum atomic E-state index is -4.95. The largest absolute Gasteiger partial charge is 0.418 e. The Labute approximate surface area is 107 Å². The van der Waals surface area contributed by atoms with Gasteiger partial charge in [-0.2, -0.15) is 26.3 Å². The zero-order chi connectivity index (χ0) is 14.6. The van der Waals surface area contributed by atoms with Crippen molar-refractivity contribution >= 4 is 22.6 Å². The lowest BCUT2D eigenvalue weighted by Crippen LogP contribution is -2.11. The SMILES string of the molecule is Cn1c(Cl)nc2c(C(F)(F)F)cc(C(F)(F)F)cc21. The maximum absolute atomic E-state index is 12.8. The van der Waals surface area contributed by atoms with Crippen molar-refractivity contribution in [1.29, 1.82) is 0 Å². The Kier molecular flexibility index (Phi) is 2.96. The van der Waals surface area contributed by atoms with Crippen LogP contribution < -0.4 is 0 Å². The lowest BCUT2D eigenvalue weighted by molar-refractivity contribution is -0.142. The summed E-state index contributed by atoms with van der Waals surface area (Å²) in [6.07, 6.45) is -9.83. The molecule has 0 amide bonds. The first-order valence-electron chi connectivity index (χ1n) is 4.82. The number of alkyl halides is 6. The molecule has 2 aromatic rings. The van der Waals surface area contributed by atoms with Crippen molar-refractivity contribution in [3.8, 4) is 0 Å². The fourth-order valence-electron chi connectivity index (χ4n) is 1.64. The Balaban J connectivity index is 2.89. The Morgan fingerprint density at radius 2 is 1.63 bits per heavy atom. The summed E-state index contributed by atoms with van der Waals surface area (Å²) in [6, 6.07) is 0.620. The summed E-state index contributed by atoms with van der Waals surface area (Å²) in [7, 11) is 1.23. The van der Waals surface area contributed by atoms with Crippen LogP contribution in [-0.4, -0.2) is 9.55 Å². The van der Waals surface area contributed by atoms with Crippen LogP contribution in [0.1, 0.15) is 11.1 Å². The second-order valence-electron chi connectivity index (χ2n) is 3.83. The van der Waals surface area contributed by atoms with E-state index >= 15 is 0 Å². The fourth-order valence-corrected chi connectivity index (χ4v) is 1.81. The van der Waals surface area contributed by atoms with Crippen LogP contribution in [0.3, 0.4) is 0 Å².